The summed E-state index contributed by atoms with van der Waals surface area (Å²) in [4.78, 5) is 18.6. The molecule has 5 aromatic rings. The van der Waals surface area contributed by atoms with Crippen molar-refractivity contribution in [2.45, 2.75) is 27.4 Å². The molecule has 2 heterocycles. The molecule has 0 atom stereocenters. The van der Waals surface area contributed by atoms with Crippen molar-refractivity contribution in [3.63, 3.8) is 0 Å². The highest BCUT2D eigenvalue weighted by molar-refractivity contribution is 7.15. The van der Waals surface area contributed by atoms with Crippen LogP contribution in [0.1, 0.15) is 29.2 Å². The maximum Gasteiger partial charge on any atom is 0.274 e. The number of aryl methyl sites for hydroxylation is 2. The lowest BCUT2D eigenvalue weighted by molar-refractivity contribution is 0.269. The number of benzene rings is 3. The number of nitrogens with zero attached hydrogens (tertiary/aromatic N) is 2. The van der Waals surface area contributed by atoms with Gasteiger partial charge in [-0.2, -0.15) is 0 Å². The van der Waals surface area contributed by atoms with Crippen LogP contribution in [0.5, 0.6) is 11.5 Å². The predicted molar refractivity (Wildman–Crippen MR) is 138 cm³/mol. The molecular weight excluding hydrogens is 468 g/mol. The summed E-state index contributed by atoms with van der Waals surface area (Å²) in [6.07, 6.45) is 1.82. The molecule has 5 nitrogen and oxygen atoms in total. The Balaban J connectivity index is 1.55. The van der Waals surface area contributed by atoms with Gasteiger partial charge in [-0.15, -0.1) is 0 Å². The van der Waals surface area contributed by atoms with Gasteiger partial charge in [-0.05, 0) is 73.4 Å². The number of aromatic nitrogens is 2. The van der Waals surface area contributed by atoms with Gasteiger partial charge in [0, 0.05) is 0 Å². The largest absolute Gasteiger partial charge is 0.490 e. The fourth-order valence-corrected chi connectivity index (χ4v) is 5.13. The Morgan fingerprint density at radius 3 is 2.59 bits per heavy atom. The Morgan fingerprint density at radius 1 is 1.06 bits per heavy atom. The highest BCUT2D eigenvalue weighted by Crippen LogP contribution is 2.37. The second-order valence-corrected chi connectivity index (χ2v) is 9.52. The minimum Gasteiger partial charge on any atom is -0.490 e. The third kappa shape index (κ3) is 4.15. The number of hydrogen-bond donors (Lipinski definition) is 0. The summed E-state index contributed by atoms with van der Waals surface area (Å²) in [6, 6.07) is 17.6. The molecule has 0 aliphatic heterocycles. The monoisotopic (exact) mass is 490 g/mol. The minimum absolute atomic E-state index is 0.0933. The van der Waals surface area contributed by atoms with Crippen molar-refractivity contribution >= 4 is 45.0 Å². The lowest BCUT2D eigenvalue weighted by atomic mass is 10.1. The Kier molecular flexibility index (Phi) is 6.02. The lowest BCUT2D eigenvalue weighted by Crippen LogP contribution is -2.22. The first-order chi connectivity index (χ1) is 16.4. The molecule has 0 radical (unpaired) electrons. The fourth-order valence-electron chi connectivity index (χ4n) is 3.87. The van der Waals surface area contributed by atoms with Gasteiger partial charge >= 0.3 is 0 Å². The molecule has 0 N–H and O–H groups in total. The van der Waals surface area contributed by atoms with E-state index < -0.39 is 0 Å². The van der Waals surface area contributed by atoms with Gasteiger partial charge in [0.1, 0.15) is 6.61 Å². The van der Waals surface area contributed by atoms with Crippen molar-refractivity contribution in [1.29, 1.82) is 0 Å². The van der Waals surface area contributed by atoms with Gasteiger partial charge < -0.3 is 9.47 Å². The molecule has 0 amide bonds. The number of rotatable bonds is 6. The van der Waals surface area contributed by atoms with Crippen LogP contribution in [-0.4, -0.2) is 16.0 Å². The van der Waals surface area contributed by atoms with Crippen LogP contribution in [0.2, 0.25) is 5.02 Å². The zero-order chi connectivity index (χ0) is 23.8. The van der Waals surface area contributed by atoms with Gasteiger partial charge in [0.2, 0.25) is 0 Å². The normalized spacial score (nSPS) is 12.1. The summed E-state index contributed by atoms with van der Waals surface area (Å²) in [7, 11) is 0. The highest BCUT2D eigenvalue weighted by Gasteiger charge is 2.15. The first kappa shape index (κ1) is 22.4. The smallest absolute Gasteiger partial charge is 0.274 e. The minimum atomic E-state index is -0.0933. The van der Waals surface area contributed by atoms with Crippen LogP contribution < -0.4 is 19.6 Å². The van der Waals surface area contributed by atoms with Crippen molar-refractivity contribution in [2.75, 3.05) is 6.61 Å². The van der Waals surface area contributed by atoms with Crippen molar-refractivity contribution in [2.24, 2.45) is 0 Å². The van der Waals surface area contributed by atoms with E-state index in [9.17, 15) is 4.79 Å². The molecule has 2 aromatic heterocycles. The van der Waals surface area contributed by atoms with Gasteiger partial charge in [-0.3, -0.25) is 4.79 Å². The number of thiazole rings is 1. The van der Waals surface area contributed by atoms with E-state index in [1.54, 1.807) is 10.5 Å². The zero-order valence-corrected chi connectivity index (χ0v) is 20.7. The maximum absolute atomic E-state index is 13.2. The number of hydrogen-bond acceptors (Lipinski definition) is 5. The molecule has 0 unspecified atom stereocenters. The van der Waals surface area contributed by atoms with E-state index in [0.717, 1.165) is 33.3 Å². The molecule has 5 rings (SSSR count). The molecule has 0 saturated heterocycles. The second kappa shape index (κ2) is 9.12. The van der Waals surface area contributed by atoms with E-state index in [1.807, 2.05) is 75.4 Å². The quantitative estimate of drug-likeness (QED) is 0.306. The molecule has 7 heteroatoms. The molecule has 0 aliphatic carbocycles. The van der Waals surface area contributed by atoms with Crippen molar-refractivity contribution in [3.05, 3.63) is 96.8 Å². The average Bonchev–Trinajstić information content (AvgIpc) is 3.30. The average molecular weight is 491 g/mol. The molecular formula is C27H23ClN2O3S. The molecule has 0 spiro atoms. The molecule has 0 saturated carbocycles. The van der Waals surface area contributed by atoms with E-state index in [-0.39, 0.29) is 5.56 Å². The fraction of sp³-hybridized carbons (Fsp3) is 0.185. The van der Waals surface area contributed by atoms with Gasteiger partial charge in [-0.25, -0.2) is 9.38 Å². The maximum atomic E-state index is 13.2. The van der Waals surface area contributed by atoms with Crippen LogP contribution in [0, 0.1) is 13.8 Å². The van der Waals surface area contributed by atoms with E-state index in [2.05, 4.69) is 4.98 Å². The number of imidazole rings is 1. The van der Waals surface area contributed by atoms with Gasteiger partial charge in [0.05, 0.1) is 27.2 Å². The summed E-state index contributed by atoms with van der Waals surface area (Å²) in [5.74, 6) is 1.03. The van der Waals surface area contributed by atoms with Gasteiger partial charge in [-0.1, -0.05) is 53.3 Å². The zero-order valence-electron chi connectivity index (χ0n) is 19.1. The van der Waals surface area contributed by atoms with E-state index in [0.29, 0.717) is 39.2 Å². The standard InChI is InChI=1S/C27H23ClN2O3S/c1-4-32-23-13-19(12-20(28)25(23)33-15-18-8-6-5-7-9-18)14-24-26(31)30-22-11-17(3)16(2)10-21(22)29-27(30)34-24/h5-14H,4,15H2,1-3H3/b24-14-. The van der Waals surface area contributed by atoms with Crippen LogP contribution in [0.4, 0.5) is 0 Å². The molecule has 3 aromatic carbocycles. The number of fused-ring (bicyclic) bond motifs is 3. The lowest BCUT2D eigenvalue weighted by Gasteiger charge is -2.14. The predicted octanol–water partition coefficient (Wildman–Crippen LogP) is 5.70. The van der Waals surface area contributed by atoms with Crippen molar-refractivity contribution < 1.29 is 9.47 Å². The third-order valence-electron chi connectivity index (χ3n) is 5.71. The first-order valence-corrected chi connectivity index (χ1v) is 12.2. The SMILES string of the molecule is CCOc1cc(/C=c2\sc3nc4cc(C)c(C)cc4n3c2=O)cc(Cl)c1OCc1ccccc1. The van der Waals surface area contributed by atoms with Crippen LogP contribution in [0.15, 0.2) is 59.4 Å². The molecule has 172 valence electrons. The Hall–Kier alpha value is -3.35. The summed E-state index contributed by atoms with van der Waals surface area (Å²) in [6.45, 7) is 6.83. The van der Waals surface area contributed by atoms with Gasteiger partial charge in [0.15, 0.2) is 16.5 Å². The number of ether oxygens (including phenoxy) is 2. The topological polar surface area (TPSA) is 52.8 Å². The first-order valence-electron chi connectivity index (χ1n) is 11.0. The van der Waals surface area contributed by atoms with Crippen molar-refractivity contribution in [3.8, 4) is 11.5 Å². The van der Waals surface area contributed by atoms with E-state index in [1.165, 1.54) is 11.3 Å². The van der Waals surface area contributed by atoms with Crippen molar-refractivity contribution in [1.82, 2.24) is 9.38 Å². The Morgan fingerprint density at radius 2 is 1.82 bits per heavy atom. The van der Waals surface area contributed by atoms with Crippen LogP contribution >= 0.6 is 22.9 Å². The Bertz CT molecular complexity index is 1620. The third-order valence-corrected chi connectivity index (χ3v) is 6.96. The van der Waals surface area contributed by atoms with E-state index in [4.69, 9.17) is 21.1 Å². The van der Waals surface area contributed by atoms with Gasteiger partial charge in [0.25, 0.3) is 5.56 Å². The molecule has 0 fully saturated rings. The Labute approximate surface area is 205 Å². The molecule has 0 bridgehead atoms. The molecule has 34 heavy (non-hydrogen) atoms. The van der Waals surface area contributed by atoms with Crippen LogP contribution in [-0.2, 0) is 6.61 Å². The van der Waals surface area contributed by atoms with E-state index >= 15 is 0 Å². The summed E-state index contributed by atoms with van der Waals surface area (Å²) < 4.78 is 14.1. The van der Waals surface area contributed by atoms with Crippen LogP contribution in [0.3, 0.4) is 0 Å². The van der Waals surface area contributed by atoms with Crippen LogP contribution in [0.25, 0.3) is 22.1 Å². The summed E-state index contributed by atoms with van der Waals surface area (Å²) >= 11 is 7.95. The number of halogens is 1. The second-order valence-electron chi connectivity index (χ2n) is 8.11. The highest BCUT2D eigenvalue weighted by atomic mass is 35.5. The molecule has 0 aliphatic rings. The summed E-state index contributed by atoms with van der Waals surface area (Å²) in [5, 5.41) is 0.429. The summed E-state index contributed by atoms with van der Waals surface area (Å²) in [5.41, 5.74) is 5.65.